The smallest absolute Gasteiger partial charge is 0.264 e. The first-order chi connectivity index (χ1) is 6.41. The van der Waals surface area contributed by atoms with Crippen molar-refractivity contribution < 1.29 is 18.1 Å². The van der Waals surface area contributed by atoms with Crippen LogP contribution in [0.5, 0.6) is 0 Å². The lowest BCUT2D eigenvalue weighted by molar-refractivity contribution is -0.495. The molecule has 0 N–H and O–H groups in total. The Kier molecular flexibility index (Phi) is 2.68. The Morgan fingerprint density at radius 3 is 2.57 bits per heavy atom. The maximum absolute atomic E-state index is 12.3. The number of alkyl halides is 3. The number of nitro groups is 1. The fourth-order valence-corrected chi connectivity index (χ4v) is 0.857. The molecular weight excluding hydrogens is 205 g/mol. The summed E-state index contributed by atoms with van der Waals surface area (Å²) in [6, 6.07) is -2.26. The Morgan fingerprint density at radius 2 is 2.21 bits per heavy atom. The molecule has 0 saturated heterocycles. The molecule has 1 rings (SSSR count). The molecule has 1 aromatic heterocycles. The van der Waals surface area contributed by atoms with Crippen molar-refractivity contribution in [3.63, 3.8) is 0 Å². The van der Waals surface area contributed by atoms with E-state index >= 15 is 0 Å². The maximum Gasteiger partial charge on any atom is 0.417 e. The molecule has 0 radical (unpaired) electrons. The van der Waals surface area contributed by atoms with Crippen molar-refractivity contribution in [2.24, 2.45) is 0 Å². The van der Waals surface area contributed by atoms with Gasteiger partial charge < -0.3 is 0 Å². The average molecular weight is 210 g/mol. The molecule has 0 saturated carbocycles. The highest BCUT2D eigenvalue weighted by molar-refractivity contribution is 4.74. The van der Waals surface area contributed by atoms with Gasteiger partial charge in [-0.1, -0.05) is 0 Å². The summed E-state index contributed by atoms with van der Waals surface area (Å²) in [5.74, 6) is 0. The van der Waals surface area contributed by atoms with Gasteiger partial charge in [0.15, 0.2) is 0 Å². The summed E-state index contributed by atoms with van der Waals surface area (Å²) in [5, 5.41) is 13.2. The van der Waals surface area contributed by atoms with Crippen LogP contribution in [0.1, 0.15) is 6.04 Å². The Hall–Kier alpha value is -1.67. The van der Waals surface area contributed by atoms with Gasteiger partial charge in [-0.25, -0.2) is 9.67 Å². The Labute approximate surface area is 75.5 Å². The molecular formula is C5H5F3N4O2. The van der Waals surface area contributed by atoms with Gasteiger partial charge in [0.2, 0.25) is 12.6 Å². The minimum atomic E-state index is -4.71. The molecule has 0 aliphatic heterocycles. The van der Waals surface area contributed by atoms with E-state index in [0.717, 1.165) is 12.7 Å². The van der Waals surface area contributed by atoms with Crippen LogP contribution < -0.4 is 0 Å². The summed E-state index contributed by atoms with van der Waals surface area (Å²) in [7, 11) is 0. The summed E-state index contributed by atoms with van der Waals surface area (Å²) in [4.78, 5) is 12.2. The fraction of sp³-hybridized carbons (Fsp3) is 0.600. The third-order valence-corrected chi connectivity index (χ3v) is 1.46. The molecule has 9 heteroatoms. The van der Waals surface area contributed by atoms with Gasteiger partial charge in [0.1, 0.15) is 12.7 Å². The summed E-state index contributed by atoms with van der Waals surface area (Å²) in [6.45, 7) is -1.26. The SMILES string of the molecule is O=[N+]([O-])CC(n1cncn1)C(F)(F)F. The third kappa shape index (κ3) is 2.41. The zero-order chi connectivity index (χ0) is 10.8. The first-order valence-corrected chi connectivity index (χ1v) is 3.44. The first-order valence-electron chi connectivity index (χ1n) is 3.44. The largest absolute Gasteiger partial charge is 0.417 e. The number of rotatable bonds is 3. The summed E-state index contributed by atoms with van der Waals surface area (Å²) in [6.07, 6.45) is -3.03. The summed E-state index contributed by atoms with van der Waals surface area (Å²) >= 11 is 0. The van der Waals surface area contributed by atoms with Crippen molar-refractivity contribution in [2.75, 3.05) is 6.54 Å². The van der Waals surface area contributed by atoms with E-state index in [2.05, 4.69) is 10.1 Å². The van der Waals surface area contributed by atoms with Gasteiger partial charge in [-0.05, 0) is 0 Å². The van der Waals surface area contributed by atoms with Gasteiger partial charge in [-0.15, -0.1) is 0 Å². The van der Waals surface area contributed by atoms with Crippen molar-refractivity contribution in [3.8, 4) is 0 Å². The van der Waals surface area contributed by atoms with Crippen LogP contribution in [0.2, 0.25) is 0 Å². The van der Waals surface area contributed by atoms with E-state index in [4.69, 9.17) is 0 Å². The lowest BCUT2D eigenvalue weighted by Gasteiger charge is -2.15. The fourth-order valence-electron chi connectivity index (χ4n) is 0.857. The van der Waals surface area contributed by atoms with Crippen LogP contribution in [0.25, 0.3) is 0 Å². The minimum absolute atomic E-state index is 0.419. The van der Waals surface area contributed by atoms with Gasteiger partial charge >= 0.3 is 6.18 Å². The third-order valence-electron chi connectivity index (χ3n) is 1.46. The van der Waals surface area contributed by atoms with Crippen molar-refractivity contribution in [1.29, 1.82) is 0 Å². The van der Waals surface area contributed by atoms with Crippen LogP contribution in [0.3, 0.4) is 0 Å². The highest BCUT2D eigenvalue weighted by Gasteiger charge is 2.45. The molecule has 0 aliphatic carbocycles. The van der Waals surface area contributed by atoms with E-state index in [1.54, 1.807) is 0 Å². The van der Waals surface area contributed by atoms with E-state index in [1.165, 1.54) is 0 Å². The topological polar surface area (TPSA) is 73.8 Å². The first kappa shape index (κ1) is 10.4. The lowest BCUT2D eigenvalue weighted by atomic mass is 10.3. The molecule has 0 fully saturated rings. The second kappa shape index (κ2) is 3.60. The average Bonchev–Trinajstić information content (AvgIpc) is 2.49. The highest BCUT2D eigenvalue weighted by Crippen LogP contribution is 2.29. The Balaban J connectivity index is 2.89. The van der Waals surface area contributed by atoms with Gasteiger partial charge in [-0.2, -0.15) is 18.3 Å². The van der Waals surface area contributed by atoms with Crippen molar-refractivity contribution in [2.45, 2.75) is 12.2 Å². The van der Waals surface area contributed by atoms with Crippen LogP contribution in [-0.4, -0.2) is 32.4 Å². The molecule has 1 unspecified atom stereocenters. The zero-order valence-corrected chi connectivity index (χ0v) is 6.68. The van der Waals surface area contributed by atoms with E-state index in [0.29, 0.717) is 4.68 Å². The summed E-state index contributed by atoms with van der Waals surface area (Å²) < 4.78 is 37.2. The van der Waals surface area contributed by atoms with Crippen LogP contribution in [-0.2, 0) is 0 Å². The molecule has 0 aliphatic rings. The second-order valence-corrected chi connectivity index (χ2v) is 2.45. The van der Waals surface area contributed by atoms with Crippen molar-refractivity contribution in [1.82, 2.24) is 14.8 Å². The van der Waals surface area contributed by atoms with Gasteiger partial charge in [0.05, 0.1) is 0 Å². The predicted octanol–water partition coefficient (Wildman–Crippen LogP) is 0.658. The molecule has 0 aromatic carbocycles. The van der Waals surface area contributed by atoms with E-state index in [-0.39, 0.29) is 0 Å². The number of hydrogen-bond acceptors (Lipinski definition) is 4. The van der Waals surface area contributed by atoms with Crippen molar-refractivity contribution in [3.05, 3.63) is 22.8 Å². The van der Waals surface area contributed by atoms with Crippen LogP contribution in [0.4, 0.5) is 13.2 Å². The van der Waals surface area contributed by atoms with Crippen LogP contribution in [0, 0.1) is 10.1 Å². The second-order valence-electron chi connectivity index (χ2n) is 2.45. The molecule has 6 nitrogen and oxygen atoms in total. The number of aromatic nitrogens is 3. The minimum Gasteiger partial charge on any atom is -0.264 e. The van der Waals surface area contributed by atoms with Gasteiger partial charge in [-0.3, -0.25) is 10.1 Å². The van der Waals surface area contributed by atoms with Gasteiger partial charge in [0.25, 0.3) is 0 Å². The van der Waals surface area contributed by atoms with E-state index in [1.807, 2.05) is 0 Å². The molecule has 0 bridgehead atoms. The van der Waals surface area contributed by atoms with Gasteiger partial charge in [0, 0.05) is 4.92 Å². The standard InChI is InChI=1S/C5H5F3N4O2/c6-5(7,8)4(1-12(13)14)11-3-9-2-10-11/h2-4H,1H2. The molecule has 0 spiro atoms. The summed E-state index contributed by atoms with van der Waals surface area (Å²) in [5.41, 5.74) is 0. The number of nitrogens with zero attached hydrogens (tertiary/aromatic N) is 4. The maximum atomic E-state index is 12.3. The molecule has 1 aromatic rings. The molecule has 0 amide bonds. The van der Waals surface area contributed by atoms with Crippen LogP contribution >= 0.6 is 0 Å². The quantitative estimate of drug-likeness (QED) is 0.542. The molecule has 1 atom stereocenters. The van der Waals surface area contributed by atoms with Crippen molar-refractivity contribution >= 4 is 0 Å². The monoisotopic (exact) mass is 210 g/mol. The number of hydrogen-bond donors (Lipinski definition) is 0. The van der Waals surface area contributed by atoms with Crippen LogP contribution in [0.15, 0.2) is 12.7 Å². The predicted molar refractivity (Wildman–Crippen MR) is 37.0 cm³/mol. The normalized spacial score (nSPS) is 13.9. The van der Waals surface area contributed by atoms with E-state index in [9.17, 15) is 23.3 Å². The Morgan fingerprint density at radius 1 is 1.57 bits per heavy atom. The zero-order valence-electron chi connectivity index (χ0n) is 6.68. The number of halogens is 3. The van der Waals surface area contributed by atoms with E-state index < -0.39 is 23.7 Å². The molecule has 78 valence electrons. The molecule has 1 heterocycles. The Bertz CT molecular complexity index is 309. The lowest BCUT2D eigenvalue weighted by Crippen LogP contribution is -2.32. The highest BCUT2D eigenvalue weighted by atomic mass is 19.4. The molecule has 14 heavy (non-hydrogen) atoms.